The molecule has 0 unspecified atom stereocenters. The van der Waals surface area contributed by atoms with Crippen LogP contribution < -0.4 is 4.90 Å². The summed E-state index contributed by atoms with van der Waals surface area (Å²) in [5.41, 5.74) is 0.797. The molecule has 0 saturated carbocycles. The monoisotopic (exact) mass is 272 g/mol. The van der Waals surface area contributed by atoms with E-state index in [0.29, 0.717) is 0 Å². The number of rotatable bonds is 3. The van der Waals surface area contributed by atoms with Gasteiger partial charge in [0.25, 0.3) is 0 Å². The molecular formula is C11H17BrN2O. The number of aryl methyl sites for hydroxylation is 1. The van der Waals surface area contributed by atoms with Crippen LogP contribution in [0.15, 0.2) is 16.7 Å². The Morgan fingerprint density at radius 1 is 1.53 bits per heavy atom. The lowest BCUT2D eigenvalue weighted by molar-refractivity contribution is 0.215. The maximum absolute atomic E-state index is 9.29. The van der Waals surface area contributed by atoms with Crippen LogP contribution in [0, 0.1) is 6.92 Å². The van der Waals surface area contributed by atoms with Gasteiger partial charge in [-0.25, -0.2) is 4.98 Å². The minimum atomic E-state index is -0.315. The van der Waals surface area contributed by atoms with Crippen molar-refractivity contribution in [1.29, 1.82) is 0 Å². The van der Waals surface area contributed by atoms with E-state index in [1.54, 1.807) is 0 Å². The highest BCUT2D eigenvalue weighted by molar-refractivity contribution is 9.10. The van der Waals surface area contributed by atoms with Crippen LogP contribution in [0.5, 0.6) is 0 Å². The summed E-state index contributed by atoms with van der Waals surface area (Å²) in [4.78, 5) is 6.33. The summed E-state index contributed by atoms with van der Waals surface area (Å²) in [5.74, 6) is 0.847. The van der Waals surface area contributed by atoms with E-state index in [0.717, 1.165) is 15.9 Å². The predicted octanol–water partition coefficient (Wildman–Crippen LogP) is 2.36. The molecule has 84 valence electrons. The first-order chi connectivity index (χ1) is 6.88. The summed E-state index contributed by atoms with van der Waals surface area (Å²) >= 11 is 3.48. The molecule has 0 spiro atoms. The van der Waals surface area contributed by atoms with Crippen molar-refractivity contribution in [2.75, 3.05) is 18.6 Å². The van der Waals surface area contributed by atoms with E-state index in [2.05, 4.69) is 20.9 Å². The average Bonchev–Trinajstić information content (AvgIpc) is 2.17. The van der Waals surface area contributed by atoms with E-state index in [1.165, 1.54) is 0 Å². The van der Waals surface area contributed by atoms with Gasteiger partial charge >= 0.3 is 0 Å². The second kappa shape index (κ2) is 4.49. The van der Waals surface area contributed by atoms with Gasteiger partial charge in [0.15, 0.2) is 0 Å². The van der Waals surface area contributed by atoms with Crippen LogP contribution in [0.1, 0.15) is 19.4 Å². The molecule has 1 N–H and O–H groups in total. The Balaban J connectivity index is 3.06. The number of nitrogens with zero attached hydrogens (tertiary/aromatic N) is 2. The van der Waals surface area contributed by atoms with E-state index in [-0.39, 0.29) is 12.1 Å². The van der Waals surface area contributed by atoms with Gasteiger partial charge in [-0.2, -0.15) is 0 Å². The van der Waals surface area contributed by atoms with Crippen molar-refractivity contribution in [3.8, 4) is 0 Å². The Morgan fingerprint density at radius 3 is 2.60 bits per heavy atom. The lowest BCUT2D eigenvalue weighted by atomic mass is 10.1. The molecule has 0 aliphatic heterocycles. The summed E-state index contributed by atoms with van der Waals surface area (Å²) in [6.07, 6.45) is 1.82. The normalized spacial score (nSPS) is 11.6. The largest absolute Gasteiger partial charge is 0.394 e. The van der Waals surface area contributed by atoms with Crippen molar-refractivity contribution in [2.45, 2.75) is 26.3 Å². The molecule has 3 nitrogen and oxygen atoms in total. The van der Waals surface area contributed by atoms with E-state index in [1.807, 2.05) is 45.0 Å². The maximum Gasteiger partial charge on any atom is 0.143 e. The second-order valence-electron chi connectivity index (χ2n) is 4.35. The first-order valence-corrected chi connectivity index (χ1v) is 5.64. The molecule has 0 radical (unpaired) electrons. The number of aliphatic hydroxyl groups is 1. The van der Waals surface area contributed by atoms with Crippen LogP contribution in [0.4, 0.5) is 5.82 Å². The van der Waals surface area contributed by atoms with Gasteiger partial charge in [0.05, 0.1) is 16.6 Å². The van der Waals surface area contributed by atoms with Crippen molar-refractivity contribution in [3.63, 3.8) is 0 Å². The zero-order valence-corrected chi connectivity index (χ0v) is 11.2. The van der Waals surface area contributed by atoms with Crippen molar-refractivity contribution < 1.29 is 5.11 Å². The molecule has 0 aromatic carbocycles. The SMILES string of the molecule is Cc1cnc(N(C)C(C)(C)CO)c(Br)c1. The van der Waals surface area contributed by atoms with Gasteiger partial charge in [-0.1, -0.05) is 0 Å². The van der Waals surface area contributed by atoms with Crippen LogP contribution in [-0.4, -0.2) is 29.3 Å². The maximum atomic E-state index is 9.29. The standard InChI is InChI=1S/C11H17BrN2O/c1-8-5-9(12)10(13-6-8)14(4)11(2,3)7-15/h5-6,15H,7H2,1-4H3. The summed E-state index contributed by atoms with van der Waals surface area (Å²) in [6.45, 7) is 6.03. The van der Waals surface area contributed by atoms with E-state index >= 15 is 0 Å². The number of pyridine rings is 1. The molecular weight excluding hydrogens is 256 g/mol. The quantitative estimate of drug-likeness (QED) is 0.918. The third kappa shape index (κ3) is 2.69. The number of halogens is 1. The molecule has 0 saturated heterocycles. The lowest BCUT2D eigenvalue weighted by Crippen LogP contribution is -2.45. The number of likely N-dealkylation sites (N-methyl/N-ethyl adjacent to an activating group) is 1. The van der Waals surface area contributed by atoms with Crippen molar-refractivity contribution in [2.24, 2.45) is 0 Å². The number of aliphatic hydroxyl groups excluding tert-OH is 1. The van der Waals surface area contributed by atoms with Crippen LogP contribution in [0.3, 0.4) is 0 Å². The Kier molecular flexibility index (Phi) is 3.73. The first-order valence-electron chi connectivity index (χ1n) is 4.85. The molecule has 1 aromatic heterocycles. The molecule has 0 bridgehead atoms. The minimum Gasteiger partial charge on any atom is -0.394 e. The molecule has 4 heteroatoms. The highest BCUT2D eigenvalue weighted by Crippen LogP contribution is 2.28. The molecule has 0 amide bonds. The number of hydrogen-bond donors (Lipinski definition) is 1. The van der Waals surface area contributed by atoms with Gasteiger partial charge in [0, 0.05) is 13.2 Å². The molecule has 1 heterocycles. The third-order valence-corrected chi connectivity index (χ3v) is 3.15. The van der Waals surface area contributed by atoms with Crippen LogP contribution in [0.2, 0.25) is 0 Å². The van der Waals surface area contributed by atoms with Crippen LogP contribution in [-0.2, 0) is 0 Å². The summed E-state index contributed by atoms with van der Waals surface area (Å²) in [5, 5.41) is 9.29. The molecule has 1 rings (SSSR count). The highest BCUT2D eigenvalue weighted by atomic mass is 79.9. The summed E-state index contributed by atoms with van der Waals surface area (Å²) in [6, 6.07) is 2.02. The molecule has 0 atom stereocenters. The van der Waals surface area contributed by atoms with Crippen molar-refractivity contribution in [3.05, 3.63) is 22.3 Å². The van der Waals surface area contributed by atoms with Gasteiger partial charge < -0.3 is 10.0 Å². The fraction of sp³-hybridized carbons (Fsp3) is 0.545. The van der Waals surface area contributed by atoms with Crippen LogP contribution in [0.25, 0.3) is 0 Å². The second-order valence-corrected chi connectivity index (χ2v) is 5.20. The predicted molar refractivity (Wildman–Crippen MR) is 66.2 cm³/mol. The van der Waals surface area contributed by atoms with Gasteiger partial charge in [0.1, 0.15) is 5.82 Å². The smallest absolute Gasteiger partial charge is 0.143 e. The minimum absolute atomic E-state index is 0.0888. The zero-order chi connectivity index (χ0) is 11.6. The average molecular weight is 273 g/mol. The lowest BCUT2D eigenvalue weighted by Gasteiger charge is -2.35. The van der Waals surface area contributed by atoms with Gasteiger partial charge in [0.2, 0.25) is 0 Å². The van der Waals surface area contributed by atoms with Gasteiger partial charge in [-0.15, -0.1) is 0 Å². The van der Waals surface area contributed by atoms with Crippen molar-refractivity contribution in [1.82, 2.24) is 4.98 Å². The molecule has 0 aliphatic carbocycles. The van der Waals surface area contributed by atoms with E-state index in [4.69, 9.17) is 0 Å². The van der Waals surface area contributed by atoms with Crippen LogP contribution >= 0.6 is 15.9 Å². The summed E-state index contributed by atoms with van der Waals surface area (Å²) < 4.78 is 0.950. The fourth-order valence-corrected chi connectivity index (χ4v) is 1.90. The Morgan fingerprint density at radius 2 is 2.13 bits per heavy atom. The molecule has 15 heavy (non-hydrogen) atoms. The Bertz CT molecular complexity index is 352. The molecule has 0 fully saturated rings. The highest BCUT2D eigenvalue weighted by Gasteiger charge is 2.24. The number of aromatic nitrogens is 1. The van der Waals surface area contributed by atoms with Gasteiger partial charge in [-0.3, -0.25) is 0 Å². The fourth-order valence-electron chi connectivity index (χ4n) is 1.17. The van der Waals surface area contributed by atoms with E-state index < -0.39 is 0 Å². The zero-order valence-electron chi connectivity index (χ0n) is 9.58. The molecule has 1 aromatic rings. The summed E-state index contributed by atoms with van der Waals surface area (Å²) in [7, 11) is 1.93. The van der Waals surface area contributed by atoms with Gasteiger partial charge in [-0.05, 0) is 48.3 Å². The van der Waals surface area contributed by atoms with Crippen molar-refractivity contribution >= 4 is 21.7 Å². The topological polar surface area (TPSA) is 36.4 Å². The number of hydrogen-bond acceptors (Lipinski definition) is 3. The third-order valence-electron chi connectivity index (χ3n) is 2.57. The first kappa shape index (κ1) is 12.5. The number of anilines is 1. The molecule has 0 aliphatic rings. The Hall–Kier alpha value is -0.610. The Labute approximate surface area is 99.3 Å². The van der Waals surface area contributed by atoms with E-state index in [9.17, 15) is 5.11 Å².